The van der Waals surface area contributed by atoms with Crippen molar-refractivity contribution in [2.24, 2.45) is 11.7 Å². The maximum absolute atomic E-state index is 12.5. The molecule has 0 amide bonds. The molecule has 1 fully saturated rings. The molecule has 100 valence electrons. The van der Waals surface area contributed by atoms with E-state index in [4.69, 9.17) is 5.73 Å². The van der Waals surface area contributed by atoms with Crippen LogP contribution in [-0.4, -0.2) is 9.46 Å². The minimum Gasteiger partial charge on any atom is -0.326 e. The fourth-order valence-electron chi connectivity index (χ4n) is 2.79. The lowest BCUT2D eigenvalue weighted by Gasteiger charge is -2.26. The Morgan fingerprint density at radius 1 is 1.28 bits per heavy atom. The van der Waals surface area contributed by atoms with E-state index >= 15 is 0 Å². The van der Waals surface area contributed by atoms with E-state index in [2.05, 4.69) is 13.0 Å². The van der Waals surface area contributed by atoms with Gasteiger partial charge >= 0.3 is 0 Å². The molecule has 2 nitrogen and oxygen atoms in total. The van der Waals surface area contributed by atoms with Crippen LogP contribution in [0.5, 0.6) is 0 Å². The van der Waals surface area contributed by atoms with Gasteiger partial charge in [0.1, 0.15) is 0 Å². The van der Waals surface area contributed by atoms with Crippen molar-refractivity contribution in [3.8, 4) is 0 Å². The van der Waals surface area contributed by atoms with Crippen LogP contribution in [0.15, 0.2) is 24.3 Å². The van der Waals surface area contributed by atoms with Crippen molar-refractivity contribution < 1.29 is 4.21 Å². The molecule has 0 aliphatic heterocycles. The van der Waals surface area contributed by atoms with Gasteiger partial charge in [-0.3, -0.25) is 4.21 Å². The summed E-state index contributed by atoms with van der Waals surface area (Å²) in [6.45, 7) is 2.81. The lowest BCUT2D eigenvalue weighted by molar-refractivity contribution is 0.389. The van der Waals surface area contributed by atoms with Crippen molar-refractivity contribution >= 4 is 10.8 Å². The summed E-state index contributed by atoms with van der Waals surface area (Å²) < 4.78 is 12.5. The van der Waals surface area contributed by atoms with Crippen molar-refractivity contribution in [1.82, 2.24) is 0 Å². The Balaban J connectivity index is 2.02. The average Bonchev–Trinajstić information content (AvgIpc) is 2.39. The average molecular weight is 265 g/mol. The van der Waals surface area contributed by atoms with Gasteiger partial charge in [0.15, 0.2) is 0 Å². The first kappa shape index (κ1) is 13.8. The largest absolute Gasteiger partial charge is 0.326 e. The second-order valence-electron chi connectivity index (χ2n) is 5.39. The van der Waals surface area contributed by atoms with Crippen LogP contribution in [0, 0.1) is 5.92 Å². The molecule has 18 heavy (non-hydrogen) atoms. The number of hydrogen-bond donors (Lipinski definition) is 1. The van der Waals surface area contributed by atoms with Gasteiger partial charge in [-0.05, 0) is 29.9 Å². The molecule has 1 aromatic rings. The molecule has 0 bridgehead atoms. The molecule has 3 atom stereocenters. The Hall–Kier alpha value is -0.670. The Morgan fingerprint density at radius 3 is 2.67 bits per heavy atom. The van der Waals surface area contributed by atoms with Crippen LogP contribution in [-0.2, 0) is 23.1 Å². The summed E-state index contributed by atoms with van der Waals surface area (Å²) in [7, 11) is -0.746. The van der Waals surface area contributed by atoms with Gasteiger partial charge in [-0.2, -0.15) is 0 Å². The van der Waals surface area contributed by atoms with Crippen LogP contribution < -0.4 is 5.73 Å². The summed E-state index contributed by atoms with van der Waals surface area (Å²) in [5, 5.41) is 0.389. The Morgan fingerprint density at radius 2 is 2.00 bits per heavy atom. The molecule has 0 aromatic heterocycles. The van der Waals surface area contributed by atoms with Gasteiger partial charge in [-0.15, -0.1) is 0 Å². The summed E-state index contributed by atoms with van der Waals surface area (Å²) in [6, 6.07) is 8.11. The van der Waals surface area contributed by atoms with E-state index in [9.17, 15) is 4.21 Å². The molecule has 0 spiro atoms. The van der Waals surface area contributed by atoms with E-state index in [1.165, 1.54) is 12.8 Å². The number of benzene rings is 1. The minimum absolute atomic E-state index is 0.389. The zero-order valence-electron chi connectivity index (χ0n) is 11.1. The van der Waals surface area contributed by atoms with Gasteiger partial charge in [0.2, 0.25) is 0 Å². The quantitative estimate of drug-likeness (QED) is 0.909. The summed E-state index contributed by atoms with van der Waals surface area (Å²) >= 11 is 0. The molecular weight excluding hydrogens is 242 g/mol. The first-order chi connectivity index (χ1) is 8.70. The van der Waals surface area contributed by atoms with E-state index < -0.39 is 10.8 Å². The standard InChI is InChI=1S/C15H23NOS/c1-12-5-4-8-15(9-12)18(17)11-14-7-3-2-6-13(14)10-16/h2-3,6-7,12,15H,4-5,8-11,16H2,1H3. The van der Waals surface area contributed by atoms with Crippen molar-refractivity contribution in [3.05, 3.63) is 35.4 Å². The lowest BCUT2D eigenvalue weighted by Crippen LogP contribution is -2.24. The highest BCUT2D eigenvalue weighted by Crippen LogP contribution is 2.28. The van der Waals surface area contributed by atoms with Gasteiger partial charge in [0.25, 0.3) is 0 Å². The number of hydrogen-bond acceptors (Lipinski definition) is 2. The van der Waals surface area contributed by atoms with E-state index in [0.717, 1.165) is 29.9 Å². The van der Waals surface area contributed by atoms with Crippen LogP contribution >= 0.6 is 0 Å². The molecule has 0 radical (unpaired) electrons. The van der Waals surface area contributed by atoms with Crippen LogP contribution in [0.4, 0.5) is 0 Å². The van der Waals surface area contributed by atoms with Crippen LogP contribution in [0.2, 0.25) is 0 Å². The van der Waals surface area contributed by atoms with E-state index in [1.807, 2.05) is 18.2 Å². The third-order valence-corrected chi connectivity index (χ3v) is 5.66. The predicted molar refractivity (Wildman–Crippen MR) is 77.6 cm³/mol. The van der Waals surface area contributed by atoms with E-state index in [0.29, 0.717) is 17.5 Å². The number of nitrogens with two attached hydrogens (primary N) is 1. The fourth-order valence-corrected chi connectivity index (χ4v) is 4.58. The first-order valence-electron chi connectivity index (χ1n) is 6.84. The second-order valence-corrected chi connectivity index (χ2v) is 7.11. The highest BCUT2D eigenvalue weighted by molar-refractivity contribution is 7.84. The molecular formula is C15H23NOS. The molecule has 0 saturated heterocycles. The zero-order valence-corrected chi connectivity index (χ0v) is 11.9. The highest BCUT2D eigenvalue weighted by Gasteiger charge is 2.24. The van der Waals surface area contributed by atoms with Crippen molar-refractivity contribution in [1.29, 1.82) is 0 Å². The van der Waals surface area contributed by atoms with Crippen LogP contribution in [0.1, 0.15) is 43.7 Å². The van der Waals surface area contributed by atoms with Crippen LogP contribution in [0.3, 0.4) is 0 Å². The smallest absolute Gasteiger partial charge is 0.0491 e. The van der Waals surface area contributed by atoms with Gasteiger partial charge in [-0.1, -0.05) is 44.0 Å². The van der Waals surface area contributed by atoms with E-state index in [-0.39, 0.29) is 0 Å². The molecule has 3 unspecified atom stereocenters. The minimum atomic E-state index is -0.746. The predicted octanol–water partition coefficient (Wildman–Crippen LogP) is 2.97. The van der Waals surface area contributed by atoms with Crippen molar-refractivity contribution in [2.45, 2.75) is 50.2 Å². The topological polar surface area (TPSA) is 43.1 Å². The molecule has 1 aromatic carbocycles. The second kappa shape index (κ2) is 6.48. The monoisotopic (exact) mass is 265 g/mol. The summed E-state index contributed by atoms with van der Waals surface area (Å²) in [5.74, 6) is 1.41. The molecule has 1 saturated carbocycles. The van der Waals surface area contributed by atoms with E-state index in [1.54, 1.807) is 0 Å². The van der Waals surface area contributed by atoms with Crippen LogP contribution in [0.25, 0.3) is 0 Å². The third kappa shape index (κ3) is 3.42. The van der Waals surface area contributed by atoms with Crippen molar-refractivity contribution in [2.75, 3.05) is 0 Å². The summed E-state index contributed by atoms with van der Waals surface area (Å²) in [4.78, 5) is 0. The highest BCUT2D eigenvalue weighted by atomic mass is 32.2. The Kier molecular flexibility index (Phi) is 4.95. The summed E-state index contributed by atoms with van der Waals surface area (Å²) in [6.07, 6.45) is 4.78. The first-order valence-corrected chi connectivity index (χ1v) is 8.23. The van der Waals surface area contributed by atoms with Gasteiger partial charge in [0.05, 0.1) is 0 Å². The Labute approximate surface area is 112 Å². The molecule has 3 heteroatoms. The van der Waals surface area contributed by atoms with Gasteiger partial charge in [-0.25, -0.2) is 0 Å². The third-order valence-electron chi connectivity index (χ3n) is 3.90. The maximum Gasteiger partial charge on any atom is 0.0491 e. The normalized spacial score (nSPS) is 25.9. The molecule has 1 aliphatic carbocycles. The molecule has 2 rings (SSSR count). The Bertz CT molecular complexity index is 419. The number of rotatable bonds is 4. The maximum atomic E-state index is 12.5. The lowest BCUT2D eigenvalue weighted by atomic mass is 9.91. The van der Waals surface area contributed by atoms with Gasteiger partial charge in [0, 0.05) is 28.3 Å². The van der Waals surface area contributed by atoms with Gasteiger partial charge < -0.3 is 5.73 Å². The molecule has 2 N–H and O–H groups in total. The molecule has 1 aliphatic rings. The SMILES string of the molecule is CC1CCCC(S(=O)Cc2ccccc2CN)C1. The summed E-state index contributed by atoms with van der Waals surface area (Å²) in [5.41, 5.74) is 8.03. The fraction of sp³-hybridized carbons (Fsp3) is 0.600. The van der Waals surface area contributed by atoms with Crippen molar-refractivity contribution in [3.63, 3.8) is 0 Å². The molecule has 0 heterocycles. The zero-order chi connectivity index (χ0) is 13.0.